The zero-order chi connectivity index (χ0) is 14.8. The highest BCUT2D eigenvalue weighted by atomic mass is 35.5. The van der Waals surface area contributed by atoms with Crippen molar-refractivity contribution in [1.29, 1.82) is 0 Å². The summed E-state index contributed by atoms with van der Waals surface area (Å²) in [4.78, 5) is 4.51. The molecule has 2 aromatic heterocycles. The van der Waals surface area contributed by atoms with Gasteiger partial charge < -0.3 is 0 Å². The number of nitrogens with one attached hydrogen (secondary N) is 1. The molecule has 1 aromatic carbocycles. The average molecular weight is 302 g/mol. The predicted octanol–water partition coefficient (Wildman–Crippen LogP) is 2.66. The number of nitrogens with zero attached hydrogens (tertiary/aromatic N) is 3. The lowest BCUT2D eigenvalue weighted by Crippen LogP contribution is -2.31. The molecular formula is C15H16ClN5. The Kier molecular flexibility index (Phi) is 3.88. The van der Waals surface area contributed by atoms with E-state index in [9.17, 15) is 0 Å². The van der Waals surface area contributed by atoms with Gasteiger partial charge in [-0.2, -0.15) is 5.10 Å². The van der Waals surface area contributed by atoms with Crippen molar-refractivity contribution >= 4 is 22.4 Å². The maximum atomic E-state index is 6.29. The maximum Gasteiger partial charge on any atom is 0.107 e. The van der Waals surface area contributed by atoms with E-state index in [1.165, 1.54) is 0 Å². The van der Waals surface area contributed by atoms with Crippen molar-refractivity contribution in [1.82, 2.24) is 20.2 Å². The Morgan fingerprint density at radius 2 is 2.14 bits per heavy atom. The molecule has 3 N–H and O–H groups in total. The third-order valence-electron chi connectivity index (χ3n) is 3.55. The lowest BCUT2D eigenvalue weighted by molar-refractivity contribution is 0.538. The zero-order valence-corrected chi connectivity index (χ0v) is 12.4. The third kappa shape index (κ3) is 2.40. The topological polar surface area (TPSA) is 68.8 Å². The molecule has 3 aromatic rings. The summed E-state index contributed by atoms with van der Waals surface area (Å²) >= 11 is 6.29. The highest BCUT2D eigenvalue weighted by Crippen LogP contribution is 2.30. The van der Waals surface area contributed by atoms with E-state index in [1.54, 1.807) is 12.4 Å². The summed E-state index contributed by atoms with van der Waals surface area (Å²) in [6.45, 7) is 2.72. The van der Waals surface area contributed by atoms with Crippen LogP contribution in [0.15, 0.2) is 42.7 Å². The van der Waals surface area contributed by atoms with Gasteiger partial charge >= 0.3 is 0 Å². The van der Waals surface area contributed by atoms with Gasteiger partial charge in [-0.1, -0.05) is 35.9 Å². The molecule has 0 fully saturated rings. The Hall–Kier alpha value is -1.95. The summed E-state index contributed by atoms with van der Waals surface area (Å²) in [6.07, 6.45) is 3.42. The second kappa shape index (κ2) is 5.81. The fraction of sp³-hybridized carbons (Fsp3) is 0.200. The number of nitrogens with two attached hydrogens (primary N) is 1. The Bertz CT molecular complexity index is 762. The van der Waals surface area contributed by atoms with E-state index in [4.69, 9.17) is 17.4 Å². The van der Waals surface area contributed by atoms with Crippen LogP contribution >= 0.6 is 11.6 Å². The van der Waals surface area contributed by atoms with Crippen molar-refractivity contribution in [3.8, 4) is 0 Å². The standard InChI is InChI=1S/C15H16ClN5/c1-2-21-15(12(16)9-19-21)14(20-17)13-11-6-4-3-5-10(11)7-8-18-13/h3-9,14,20H,2,17H2,1H3. The molecule has 0 spiro atoms. The molecule has 0 aliphatic heterocycles. The van der Waals surface area contributed by atoms with Crippen molar-refractivity contribution in [2.24, 2.45) is 5.84 Å². The van der Waals surface area contributed by atoms with E-state index in [0.29, 0.717) is 11.6 Å². The van der Waals surface area contributed by atoms with Crippen LogP contribution in [0.25, 0.3) is 10.8 Å². The summed E-state index contributed by atoms with van der Waals surface area (Å²) < 4.78 is 1.83. The van der Waals surface area contributed by atoms with Gasteiger partial charge in [0.15, 0.2) is 0 Å². The fourth-order valence-electron chi connectivity index (χ4n) is 2.57. The highest BCUT2D eigenvalue weighted by Gasteiger charge is 2.23. The molecule has 0 amide bonds. The number of fused-ring (bicyclic) bond motifs is 1. The summed E-state index contributed by atoms with van der Waals surface area (Å²) in [7, 11) is 0. The maximum absolute atomic E-state index is 6.29. The van der Waals surface area contributed by atoms with Gasteiger partial charge in [-0.05, 0) is 18.4 Å². The first-order valence-corrected chi connectivity index (χ1v) is 7.15. The number of pyridine rings is 1. The van der Waals surface area contributed by atoms with Crippen molar-refractivity contribution in [2.75, 3.05) is 0 Å². The SMILES string of the molecule is CCn1ncc(Cl)c1C(NN)c1nccc2ccccc12. The van der Waals surface area contributed by atoms with Gasteiger partial charge in [-0.3, -0.25) is 15.5 Å². The molecule has 1 atom stereocenters. The number of hydrogen-bond acceptors (Lipinski definition) is 4. The predicted molar refractivity (Wildman–Crippen MR) is 83.8 cm³/mol. The zero-order valence-electron chi connectivity index (χ0n) is 11.6. The van der Waals surface area contributed by atoms with Crippen LogP contribution in [0.3, 0.4) is 0 Å². The molecule has 2 heterocycles. The third-order valence-corrected chi connectivity index (χ3v) is 3.84. The van der Waals surface area contributed by atoms with Crippen LogP contribution in [0, 0.1) is 0 Å². The number of hydrogen-bond donors (Lipinski definition) is 2. The lowest BCUT2D eigenvalue weighted by Gasteiger charge is -2.19. The smallest absolute Gasteiger partial charge is 0.107 e. The van der Waals surface area contributed by atoms with Crippen molar-refractivity contribution in [3.63, 3.8) is 0 Å². The highest BCUT2D eigenvalue weighted by molar-refractivity contribution is 6.31. The van der Waals surface area contributed by atoms with Crippen LogP contribution in [-0.2, 0) is 6.54 Å². The molecule has 0 aliphatic carbocycles. The Morgan fingerprint density at radius 3 is 2.90 bits per heavy atom. The minimum Gasteiger partial charge on any atom is -0.270 e. The van der Waals surface area contributed by atoms with Crippen LogP contribution < -0.4 is 11.3 Å². The van der Waals surface area contributed by atoms with E-state index >= 15 is 0 Å². The summed E-state index contributed by atoms with van der Waals surface area (Å²) in [5.41, 5.74) is 4.49. The monoisotopic (exact) mass is 301 g/mol. The van der Waals surface area contributed by atoms with E-state index in [-0.39, 0.29) is 6.04 Å². The molecule has 0 radical (unpaired) electrons. The second-order valence-electron chi connectivity index (χ2n) is 4.71. The largest absolute Gasteiger partial charge is 0.270 e. The molecule has 6 heteroatoms. The van der Waals surface area contributed by atoms with E-state index < -0.39 is 0 Å². The van der Waals surface area contributed by atoms with Gasteiger partial charge in [0.1, 0.15) is 6.04 Å². The van der Waals surface area contributed by atoms with Crippen molar-refractivity contribution in [3.05, 3.63) is 59.1 Å². The van der Waals surface area contributed by atoms with Gasteiger partial charge in [-0.15, -0.1) is 0 Å². The van der Waals surface area contributed by atoms with Gasteiger partial charge in [-0.25, -0.2) is 5.43 Å². The number of aryl methyl sites for hydroxylation is 1. The summed E-state index contributed by atoms with van der Waals surface area (Å²) in [6, 6.07) is 9.73. The minimum absolute atomic E-state index is 0.314. The average Bonchev–Trinajstić information content (AvgIpc) is 2.90. The molecule has 108 valence electrons. The number of aromatic nitrogens is 3. The summed E-state index contributed by atoms with van der Waals surface area (Å²) in [5, 5.41) is 7.01. The molecule has 0 saturated heterocycles. The minimum atomic E-state index is -0.314. The Morgan fingerprint density at radius 1 is 1.33 bits per heavy atom. The normalized spacial score (nSPS) is 12.7. The quantitative estimate of drug-likeness (QED) is 0.574. The number of hydrazine groups is 1. The first-order valence-electron chi connectivity index (χ1n) is 6.77. The van der Waals surface area contributed by atoms with Crippen LogP contribution in [0.1, 0.15) is 24.4 Å². The lowest BCUT2D eigenvalue weighted by atomic mass is 10.0. The van der Waals surface area contributed by atoms with Gasteiger partial charge in [0.05, 0.1) is 22.6 Å². The van der Waals surface area contributed by atoms with E-state index in [1.807, 2.05) is 41.9 Å². The van der Waals surface area contributed by atoms with Crippen LogP contribution in [0.4, 0.5) is 0 Å². The first-order chi connectivity index (χ1) is 10.3. The first kappa shape index (κ1) is 14.0. The number of benzene rings is 1. The fourth-order valence-corrected chi connectivity index (χ4v) is 2.82. The molecule has 5 nitrogen and oxygen atoms in total. The molecular weight excluding hydrogens is 286 g/mol. The molecule has 0 bridgehead atoms. The van der Waals surface area contributed by atoms with Crippen molar-refractivity contribution in [2.45, 2.75) is 19.5 Å². The molecule has 0 saturated carbocycles. The summed E-state index contributed by atoms with van der Waals surface area (Å²) in [5.74, 6) is 5.79. The van der Waals surface area contributed by atoms with Crippen LogP contribution in [0.2, 0.25) is 5.02 Å². The van der Waals surface area contributed by atoms with Gasteiger partial charge in [0, 0.05) is 18.1 Å². The van der Waals surface area contributed by atoms with Gasteiger partial charge in [0.25, 0.3) is 0 Å². The van der Waals surface area contributed by atoms with E-state index in [2.05, 4.69) is 15.5 Å². The van der Waals surface area contributed by atoms with Crippen molar-refractivity contribution < 1.29 is 0 Å². The molecule has 21 heavy (non-hydrogen) atoms. The molecule has 3 rings (SSSR count). The molecule has 1 unspecified atom stereocenters. The second-order valence-corrected chi connectivity index (χ2v) is 5.12. The van der Waals surface area contributed by atoms with Crippen LogP contribution in [0.5, 0.6) is 0 Å². The van der Waals surface area contributed by atoms with Gasteiger partial charge in [0.2, 0.25) is 0 Å². The Labute approximate surface area is 127 Å². The number of rotatable bonds is 4. The van der Waals surface area contributed by atoms with Crippen LogP contribution in [-0.4, -0.2) is 14.8 Å². The molecule has 0 aliphatic rings. The number of halogens is 1. The van der Waals surface area contributed by atoms with E-state index in [0.717, 1.165) is 22.2 Å². The Balaban J connectivity index is 2.21.